The summed E-state index contributed by atoms with van der Waals surface area (Å²) in [6.45, 7) is 0. The van der Waals surface area contributed by atoms with Gasteiger partial charge in [-0.1, -0.05) is 0 Å². The maximum atomic E-state index is 11.9. The minimum absolute atomic E-state index is 0.00584. The molecular weight excluding hydrogens is 314 g/mol. The van der Waals surface area contributed by atoms with E-state index in [4.69, 9.17) is 9.84 Å². The molecule has 0 saturated carbocycles. The third-order valence-electron chi connectivity index (χ3n) is 2.68. The number of carboxylic acid groups (broad SMARTS) is 1. The topological polar surface area (TPSA) is 66.8 Å². The fourth-order valence-electron chi connectivity index (χ4n) is 1.57. The van der Waals surface area contributed by atoms with E-state index in [0.717, 1.165) is 10.2 Å². The summed E-state index contributed by atoms with van der Waals surface area (Å²) in [7, 11) is 3.23. The number of hydrogen-bond acceptors (Lipinski definition) is 3. The molecule has 0 aliphatic carbocycles. The van der Waals surface area contributed by atoms with Gasteiger partial charge in [0, 0.05) is 25.6 Å². The molecule has 0 saturated heterocycles. The molecule has 1 rings (SSSR count). The van der Waals surface area contributed by atoms with E-state index in [1.165, 1.54) is 4.90 Å². The lowest BCUT2D eigenvalue weighted by atomic mass is 10.2. The van der Waals surface area contributed by atoms with Gasteiger partial charge < -0.3 is 14.7 Å². The van der Waals surface area contributed by atoms with Crippen LogP contribution in [-0.4, -0.2) is 31.1 Å². The Morgan fingerprint density at radius 2 is 2.05 bits per heavy atom. The first-order valence-electron chi connectivity index (χ1n) is 5.77. The van der Waals surface area contributed by atoms with Gasteiger partial charge in [-0.2, -0.15) is 0 Å². The molecule has 0 unspecified atom stereocenters. The van der Waals surface area contributed by atoms with E-state index in [9.17, 15) is 9.59 Å². The number of halogens is 1. The van der Waals surface area contributed by atoms with Crippen LogP contribution in [-0.2, 0) is 9.59 Å². The van der Waals surface area contributed by atoms with Crippen molar-refractivity contribution >= 4 is 33.5 Å². The average Bonchev–Trinajstić information content (AvgIpc) is 2.37. The molecule has 0 radical (unpaired) electrons. The highest BCUT2D eigenvalue weighted by Crippen LogP contribution is 2.29. The molecule has 0 atom stereocenters. The Hall–Kier alpha value is -1.56. The Balaban J connectivity index is 2.66. The summed E-state index contributed by atoms with van der Waals surface area (Å²) in [6.07, 6.45) is 0.564. The summed E-state index contributed by atoms with van der Waals surface area (Å²) >= 11 is 3.36. The fourth-order valence-corrected chi connectivity index (χ4v) is 2.10. The summed E-state index contributed by atoms with van der Waals surface area (Å²) < 4.78 is 5.88. The van der Waals surface area contributed by atoms with Crippen molar-refractivity contribution in [3.05, 3.63) is 22.7 Å². The number of aliphatic carboxylic acids is 1. The summed E-state index contributed by atoms with van der Waals surface area (Å²) in [4.78, 5) is 23.8. The number of carboxylic acids is 1. The van der Waals surface area contributed by atoms with Crippen LogP contribution in [0.3, 0.4) is 0 Å². The van der Waals surface area contributed by atoms with Gasteiger partial charge in [0.15, 0.2) is 0 Å². The second-order valence-corrected chi connectivity index (χ2v) is 4.87. The number of nitrogens with zero attached hydrogens (tertiary/aromatic N) is 1. The molecule has 1 aromatic carbocycles. The molecule has 0 fully saturated rings. The number of carbonyl (C=O) groups excluding carboxylic acids is 1. The second-order valence-electron chi connectivity index (χ2n) is 4.02. The predicted molar refractivity (Wildman–Crippen MR) is 75.6 cm³/mol. The molecule has 0 aromatic heterocycles. The van der Waals surface area contributed by atoms with E-state index in [1.54, 1.807) is 32.4 Å². The molecule has 0 bridgehead atoms. The van der Waals surface area contributed by atoms with E-state index in [-0.39, 0.29) is 18.7 Å². The Morgan fingerprint density at radius 1 is 1.37 bits per heavy atom. The Kier molecular flexibility index (Phi) is 5.82. The summed E-state index contributed by atoms with van der Waals surface area (Å²) in [5, 5.41) is 8.53. The number of rotatable bonds is 6. The quantitative estimate of drug-likeness (QED) is 0.871. The SMILES string of the molecule is COc1ccc(N(C)C(=O)CCCC(=O)O)cc1Br. The van der Waals surface area contributed by atoms with Gasteiger partial charge in [-0.15, -0.1) is 0 Å². The molecule has 1 aromatic rings. The van der Waals surface area contributed by atoms with Crippen molar-refractivity contribution in [2.45, 2.75) is 19.3 Å². The van der Waals surface area contributed by atoms with Crippen molar-refractivity contribution in [3.8, 4) is 5.75 Å². The summed E-state index contributed by atoms with van der Waals surface area (Å²) in [5.41, 5.74) is 0.730. The van der Waals surface area contributed by atoms with Gasteiger partial charge in [-0.3, -0.25) is 9.59 Å². The molecule has 104 valence electrons. The molecule has 0 spiro atoms. The maximum absolute atomic E-state index is 11.9. The first-order chi connectivity index (χ1) is 8.95. The number of carbonyl (C=O) groups is 2. The predicted octanol–water partition coefficient (Wildman–Crippen LogP) is 2.68. The normalized spacial score (nSPS) is 10.1. The van der Waals surface area contributed by atoms with Crippen molar-refractivity contribution in [3.63, 3.8) is 0 Å². The number of ether oxygens (including phenoxy) is 1. The van der Waals surface area contributed by atoms with Gasteiger partial charge in [0.2, 0.25) is 5.91 Å². The molecule has 1 N–H and O–H groups in total. The van der Waals surface area contributed by atoms with Gasteiger partial charge in [0.05, 0.1) is 11.6 Å². The zero-order valence-corrected chi connectivity index (χ0v) is 12.4. The van der Waals surface area contributed by atoms with Crippen LogP contribution in [0.5, 0.6) is 5.75 Å². The highest BCUT2D eigenvalue weighted by molar-refractivity contribution is 9.10. The molecular formula is C13H16BrNO4. The number of hydrogen-bond donors (Lipinski definition) is 1. The molecule has 1 amide bonds. The minimum Gasteiger partial charge on any atom is -0.496 e. The van der Waals surface area contributed by atoms with Crippen LogP contribution in [0.2, 0.25) is 0 Å². The smallest absolute Gasteiger partial charge is 0.303 e. The van der Waals surface area contributed by atoms with Crippen LogP contribution in [0.15, 0.2) is 22.7 Å². The van der Waals surface area contributed by atoms with Crippen molar-refractivity contribution in [1.82, 2.24) is 0 Å². The first kappa shape index (κ1) is 15.5. The van der Waals surface area contributed by atoms with E-state index in [2.05, 4.69) is 15.9 Å². The highest BCUT2D eigenvalue weighted by Gasteiger charge is 2.13. The van der Waals surface area contributed by atoms with E-state index in [0.29, 0.717) is 12.2 Å². The second kappa shape index (κ2) is 7.13. The Bertz CT molecular complexity index is 476. The van der Waals surface area contributed by atoms with Crippen LogP contribution in [0.4, 0.5) is 5.69 Å². The van der Waals surface area contributed by atoms with Crippen molar-refractivity contribution in [2.24, 2.45) is 0 Å². The van der Waals surface area contributed by atoms with Crippen LogP contribution in [0.1, 0.15) is 19.3 Å². The minimum atomic E-state index is -0.886. The monoisotopic (exact) mass is 329 g/mol. The third-order valence-corrected chi connectivity index (χ3v) is 3.30. The van der Waals surface area contributed by atoms with E-state index < -0.39 is 5.97 Å². The van der Waals surface area contributed by atoms with Crippen molar-refractivity contribution in [2.75, 3.05) is 19.1 Å². The van der Waals surface area contributed by atoms with Crippen LogP contribution < -0.4 is 9.64 Å². The molecule has 5 nitrogen and oxygen atoms in total. The standard InChI is InChI=1S/C13H16BrNO4/c1-15(12(16)4-3-5-13(17)18)9-6-7-11(19-2)10(14)8-9/h6-8H,3-5H2,1-2H3,(H,17,18). The lowest BCUT2D eigenvalue weighted by molar-refractivity contribution is -0.137. The number of methoxy groups -OCH3 is 1. The van der Waals surface area contributed by atoms with Crippen LogP contribution in [0.25, 0.3) is 0 Å². The summed E-state index contributed by atoms with van der Waals surface area (Å²) in [6, 6.07) is 5.33. The molecule has 0 heterocycles. The number of benzene rings is 1. The first-order valence-corrected chi connectivity index (χ1v) is 6.57. The maximum Gasteiger partial charge on any atom is 0.303 e. The average molecular weight is 330 g/mol. The lowest BCUT2D eigenvalue weighted by Gasteiger charge is -2.18. The molecule has 19 heavy (non-hydrogen) atoms. The zero-order valence-electron chi connectivity index (χ0n) is 10.9. The number of anilines is 1. The van der Waals surface area contributed by atoms with E-state index >= 15 is 0 Å². The van der Waals surface area contributed by atoms with Gasteiger partial charge in [-0.25, -0.2) is 0 Å². The van der Waals surface area contributed by atoms with Gasteiger partial charge in [-0.05, 0) is 40.5 Å². The molecule has 6 heteroatoms. The fraction of sp³-hybridized carbons (Fsp3) is 0.385. The lowest BCUT2D eigenvalue weighted by Crippen LogP contribution is -2.26. The Labute approximate surface area is 120 Å². The van der Waals surface area contributed by atoms with Gasteiger partial charge in [0.25, 0.3) is 0 Å². The van der Waals surface area contributed by atoms with Gasteiger partial charge in [0.1, 0.15) is 5.75 Å². The Morgan fingerprint density at radius 3 is 2.58 bits per heavy atom. The third kappa shape index (κ3) is 4.55. The largest absolute Gasteiger partial charge is 0.496 e. The van der Waals surface area contributed by atoms with E-state index in [1.807, 2.05) is 0 Å². The van der Waals surface area contributed by atoms with Crippen LogP contribution >= 0.6 is 15.9 Å². The number of amides is 1. The zero-order chi connectivity index (χ0) is 14.4. The molecule has 0 aliphatic heterocycles. The van der Waals surface area contributed by atoms with Crippen molar-refractivity contribution < 1.29 is 19.4 Å². The highest BCUT2D eigenvalue weighted by atomic mass is 79.9. The van der Waals surface area contributed by atoms with Crippen molar-refractivity contribution in [1.29, 1.82) is 0 Å². The van der Waals surface area contributed by atoms with Crippen LogP contribution in [0, 0.1) is 0 Å². The summed E-state index contributed by atoms with van der Waals surface area (Å²) in [5.74, 6) is -0.309. The van der Waals surface area contributed by atoms with Gasteiger partial charge >= 0.3 is 5.97 Å². The molecule has 0 aliphatic rings.